The van der Waals surface area contributed by atoms with Crippen LogP contribution in [0.3, 0.4) is 0 Å². The summed E-state index contributed by atoms with van der Waals surface area (Å²) in [6.45, 7) is 0. The van der Waals surface area contributed by atoms with Crippen molar-refractivity contribution in [2.24, 2.45) is 0 Å². The summed E-state index contributed by atoms with van der Waals surface area (Å²) < 4.78 is 8.89. The third-order valence-electron chi connectivity index (χ3n) is 5.31. The van der Waals surface area contributed by atoms with E-state index in [9.17, 15) is 0 Å². The number of hydrogen-bond acceptors (Lipinski definition) is 3. The Morgan fingerprint density at radius 3 is 1.61 bits per heavy atom. The van der Waals surface area contributed by atoms with Gasteiger partial charge in [0.1, 0.15) is 11.0 Å². The SMILES string of the molecule is C(#Cc1ccc(C#Cc2ccc(-c3ccccc3)cc2)c2nsnc12)[C]1[CH][CH][CH][CH]1.[CH]1[CH][CH][CH][CH]1.[Fe+2]. The van der Waals surface area contributed by atoms with Gasteiger partial charge >= 0.3 is 17.1 Å². The van der Waals surface area contributed by atoms with E-state index >= 15 is 0 Å². The van der Waals surface area contributed by atoms with Crippen LogP contribution in [0.2, 0.25) is 0 Å². The molecule has 0 saturated heterocycles. The van der Waals surface area contributed by atoms with Gasteiger partial charge in [0.05, 0.1) is 28.8 Å². The molecule has 6 rings (SSSR count). The maximum absolute atomic E-state index is 4.45. The molecule has 0 unspecified atom stereocenters. The van der Waals surface area contributed by atoms with Crippen molar-refractivity contribution in [2.45, 2.75) is 0 Å². The fourth-order valence-electron chi connectivity index (χ4n) is 3.50. The number of hydrogen-bond donors (Lipinski definition) is 0. The minimum absolute atomic E-state index is 0. The molecule has 0 aliphatic heterocycles. The molecule has 10 radical (unpaired) electrons. The molecule has 0 spiro atoms. The maximum atomic E-state index is 4.45. The van der Waals surface area contributed by atoms with E-state index in [1.54, 1.807) is 0 Å². The van der Waals surface area contributed by atoms with Crippen LogP contribution in [-0.4, -0.2) is 8.75 Å². The van der Waals surface area contributed by atoms with Crippen LogP contribution in [0.4, 0.5) is 0 Å². The quantitative estimate of drug-likeness (QED) is 0.211. The number of nitrogens with zero attached hydrogens (tertiary/aromatic N) is 2. The third-order valence-corrected chi connectivity index (χ3v) is 5.84. The largest absolute Gasteiger partial charge is 2.00 e. The molecule has 2 aliphatic carbocycles. The Morgan fingerprint density at radius 1 is 0.500 bits per heavy atom. The molecular formula is C32H20FeN2S+2. The maximum Gasteiger partial charge on any atom is 2.00 e. The van der Waals surface area contributed by atoms with Gasteiger partial charge in [0, 0.05) is 5.56 Å². The molecule has 0 bridgehead atoms. The first-order valence-corrected chi connectivity index (χ1v) is 11.9. The Hall–Kier alpha value is -2.88. The van der Waals surface area contributed by atoms with Gasteiger partial charge in [-0.1, -0.05) is 66.1 Å². The average molecular weight is 520 g/mol. The van der Waals surface area contributed by atoms with Gasteiger partial charge in [0.2, 0.25) is 0 Å². The zero-order valence-electron chi connectivity index (χ0n) is 19.2. The fourth-order valence-corrected chi connectivity index (χ4v) is 4.08. The van der Waals surface area contributed by atoms with Gasteiger partial charge in [-0.05, 0) is 93.2 Å². The standard InChI is InChI=1S/C27H15N2S.C5H5.Fe/c1-2-8-22(9-3-1)23-14-10-21(11-15-23)13-17-25-19-18-24(26-27(25)29-30-28-26)16-12-20-6-4-5-7-20;1-2-4-5-3-1;/h1-11,14-15,18-19H;1-5H;/q;;+2. The second-order valence-corrected chi connectivity index (χ2v) is 8.23. The van der Waals surface area contributed by atoms with Crippen molar-refractivity contribution in [1.82, 2.24) is 8.75 Å². The van der Waals surface area contributed by atoms with Crippen LogP contribution in [0.25, 0.3) is 22.2 Å². The summed E-state index contributed by atoms with van der Waals surface area (Å²) in [6.07, 6.45) is 17.9. The molecule has 0 amide bonds. The smallest absolute Gasteiger partial charge is 0.172 e. The van der Waals surface area contributed by atoms with Gasteiger partial charge in [-0.3, -0.25) is 0 Å². The van der Waals surface area contributed by atoms with Gasteiger partial charge in [0.25, 0.3) is 0 Å². The molecule has 0 atom stereocenters. The van der Waals surface area contributed by atoms with Gasteiger partial charge in [-0.25, -0.2) is 0 Å². The van der Waals surface area contributed by atoms with Gasteiger partial charge in [-0.2, -0.15) is 8.75 Å². The molecule has 36 heavy (non-hydrogen) atoms. The van der Waals surface area contributed by atoms with Crippen LogP contribution < -0.4 is 0 Å². The molecule has 0 N–H and O–H groups in total. The molecular weight excluding hydrogens is 500 g/mol. The molecule has 2 aliphatic rings. The Morgan fingerprint density at radius 2 is 1.03 bits per heavy atom. The Bertz CT molecular complexity index is 1370. The summed E-state index contributed by atoms with van der Waals surface area (Å²) in [5.41, 5.74) is 6.70. The summed E-state index contributed by atoms with van der Waals surface area (Å²) in [6, 6.07) is 22.6. The Labute approximate surface area is 229 Å². The molecule has 1 heterocycles. The van der Waals surface area contributed by atoms with E-state index in [-0.39, 0.29) is 17.1 Å². The van der Waals surface area contributed by atoms with Crippen molar-refractivity contribution >= 4 is 22.8 Å². The second kappa shape index (κ2) is 13.4. The molecule has 1 aromatic heterocycles. The van der Waals surface area contributed by atoms with Crippen molar-refractivity contribution in [3.8, 4) is 34.8 Å². The second-order valence-electron chi connectivity index (χ2n) is 7.70. The molecule has 4 heteroatoms. The zero-order chi connectivity index (χ0) is 23.7. The van der Waals surface area contributed by atoms with Crippen molar-refractivity contribution in [1.29, 1.82) is 0 Å². The predicted octanol–water partition coefficient (Wildman–Crippen LogP) is 6.53. The first kappa shape index (κ1) is 26.2. The van der Waals surface area contributed by atoms with Crippen molar-refractivity contribution < 1.29 is 17.1 Å². The number of rotatable bonds is 1. The minimum atomic E-state index is 0. The molecule has 4 aromatic rings. The number of aromatic nitrogens is 2. The molecule has 2 nitrogen and oxygen atoms in total. The summed E-state index contributed by atoms with van der Waals surface area (Å²) >= 11 is 1.19. The van der Waals surface area contributed by atoms with Crippen LogP contribution in [0.1, 0.15) is 16.7 Å². The van der Waals surface area contributed by atoms with E-state index in [1.807, 2.05) is 100 Å². The summed E-state index contributed by atoms with van der Waals surface area (Å²) in [7, 11) is 0. The van der Waals surface area contributed by atoms with Crippen molar-refractivity contribution in [3.63, 3.8) is 0 Å². The summed E-state index contributed by atoms with van der Waals surface area (Å²) in [5, 5.41) is 0. The Kier molecular flexibility index (Phi) is 9.77. The predicted molar refractivity (Wildman–Crippen MR) is 144 cm³/mol. The van der Waals surface area contributed by atoms with Crippen LogP contribution >= 0.6 is 11.7 Å². The summed E-state index contributed by atoms with van der Waals surface area (Å²) in [5.74, 6) is 13.9. The van der Waals surface area contributed by atoms with Crippen LogP contribution in [-0.2, 0) is 17.1 Å². The van der Waals surface area contributed by atoms with E-state index < -0.39 is 0 Å². The molecule has 170 valence electrons. The van der Waals surface area contributed by atoms with Crippen molar-refractivity contribution in [3.05, 3.63) is 147 Å². The van der Waals surface area contributed by atoms with Gasteiger partial charge in [-0.15, -0.1) is 0 Å². The van der Waals surface area contributed by atoms with Gasteiger partial charge in [0.15, 0.2) is 0 Å². The van der Waals surface area contributed by atoms with E-state index in [0.29, 0.717) is 0 Å². The van der Waals surface area contributed by atoms with E-state index in [1.165, 1.54) is 22.9 Å². The topological polar surface area (TPSA) is 25.8 Å². The zero-order valence-corrected chi connectivity index (χ0v) is 21.1. The molecule has 2 fully saturated rings. The normalized spacial score (nSPS) is 14.6. The Balaban J connectivity index is 0.000000455. The molecule has 3 aromatic carbocycles. The van der Waals surface area contributed by atoms with Crippen LogP contribution in [0.5, 0.6) is 0 Å². The van der Waals surface area contributed by atoms with E-state index in [0.717, 1.165) is 33.6 Å². The first-order valence-electron chi connectivity index (χ1n) is 11.2. The summed E-state index contributed by atoms with van der Waals surface area (Å²) in [4.78, 5) is 0. The first-order chi connectivity index (χ1) is 17.4. The number of fused-ring (bicyclic) bond motifs is 1. The van der Waals surface area contributed by atoms with E-state index in [2.05, 4.69) is 56.7 Å². The monoisotopic (exact) mass is 520 g/mol. The fraction of sp³-hybridized carbons (Fsp3) is 0. The van der Waals surface area contributed by atoms with Gasteiger partial charge < -0.3 is 0 Å². The van der Waals surface area contributed by atoms with Crippen LogP contribution in [0.15, 0.2) is 66.7 Å². The minimum Gasteiger partial charge on any atom is -0.172 e. The number of benzene rings is 3. The third kappa shape index (κ3) is 6.87. The molecule has 2 saturated carbocycles. The van der Waals surface area contributed by atoms with Crippen molar-refractivity contribution in [2.75, 3.05) is 0 Å². The van der Waals surface area contributed by atoms with Crippen LogP contribution in [0, 0.1) is 87.4 Å². The average Bonchev–Trinajstić information content (AvgIpc) is 3.72. The van der Waals surface area contributed by atoms with E-state index in [4.69, 9.17) is 0 Å².